The molecule has 2 unspecified atom stereocenters. The Morgan fingerprint density at radius 1 is 1.04 bits per heavy atom. The lowest BCUT2D eigenvalue weighted by Crippen LogP contribution is -2.58. The van der Waals surface area contributed by atoms with Gasteiger partial charge in [0.25, 0.3) is 0 Å². The van der Waals surface area contributed by atoms with Gasteiger partial charge in [0.2, 0.25) is 0 Å². The van der Waals surface area contributed by atoms with E-state index in [0.717, 1.165) is 12.0 Å². The summed E-state index contributed by atoms with van der Waals surface area (Å²) in [4.78, 5) is 26.4. The molecular formula is C37H45IO8. The number of phenols is 1. The first-order valence-corrected chi connectivity index (χ1v) is 18.0. The Labute approximate surface area is 281 Å². The van der Waals surface area contributed by atoms with Crippen LogP contribution in [0.2, 0.25) is 0 Å². The summed E-state index contributed by atoms with van der Waals surface area (Å²) in [6.45, 7) is 15.6. The molecule has 5 rings (SSSR count). The van der Waals surface area contributed by atoms with Crippen molar-refractivity contribution in [2.75, 3.05) is 0 Å². The van der Waals surface area contributed by atoms with E-state index >= 15 is 0 Å². The monoisotopic (exact) mass is 744 g/mol. The lowest BCUT2D eigenvalue weighted by Gasteiger charge is -2.48. The molecule has 0 aromatic heterocycles. The molecule has 0 amide bonds. The average Bonchev–Trinajstić information content (AvgIpc) is 3.19. The van der Waals surface area contributed by atoms with Gasteiger partial charge < -0.3 is 24.4 Å². The number of allylic oxidation sites excluding steroid dienone is 5. The van der Waals surface area contributed by atoms with Crippen molar-refractivity contribution in [3.8, 4) is 17.2 Å². The molecule has 1 aliphatic carbocycles. The van der Waals surface area contributed by atoms with E-state index in [2.05, 4.69) is 19.9 Å². The molecule has 3 aliphatic heterocycles. The lowest BCUT2D eigenvalue weighted by atomic mass is 9.64. The molecular weight excluding hydrogens is 699 g/mol. The van der Waals surface area contributed by atoms with Gasteiger partial charge in [0.05, 0.1) is 15.1 Å². The maximum Gasteiger partial charge on any atom is 0.330 e. The summed E-state index contributed by atoms with van der Waals surface area (Å²) >= 11 is -1.49. The molecule has 3 heterocycles. The summed E-state index contributed by atoms with van der Waals surface area (Å²) in [5, 5.41) is 21.4. The van der Waals surface area contributed by atoms with Gasteiger partial charge in [-0.3, -0.25) is 7.86 Å². The van der Waals surface area contributed by atoms with Crippen molar-refractivity contribution in [3.05, 3.63) is 69.4 Å². The third-order valence-corrected chi connectivity index (χ3v) is 11.2. The Kier molecular flexibility index (Phi) is 9.33. The molecule has 1 aromatic rings. The Bertz CT molecular complexity index is 1630. The first-order chi connectivity index (χ1) is 21.5. The summed E-state index contributed by atoms with van der Waals surface area (Å²) in [5.74, 6) is -1.23. The fourth-order valence-corrected chi connectivity index (χ4v) is 8.49. The molecule has 5 atom stereocenters. The quantitative estimate of drug-likeness (QED) is 0.112. The van der Waals surface area contributed by atoms with Crippen LogP contribution in [0.4, 0.5) is 0 Å². The van der Waals surface area contributed by atoms with E-state index in [4.69, 9.17) is 14.2 Å². The Morgan fingerprint density at radius 3 is 2.37 bits per heavy atom. The first-order valence-electron chi connectivity index (χ1n) is 15.9. The number of rotatable bonds is 9. The van der Waals surface area contributed by atoms with Crippen molar-refractivity contribution in [2.24, 2.45) is 5.92 Å². The highest BCUT2D eigenvalue weighted by molar-refractivity contribution is 14.1. The number of fused-ring (bicyclic) bond motifs is 2. The maximum absolute atomic E-state index is 14.7. The number of carbonyl (C=O) groups excluding carboxylic acids is 1. The third-order valence-electron chi connectivity index (χ3n) is 9.70. The van der Waals surface area contributed by atoms with Crippen LogP contribution < -0.4 is 9.47 Å². The molecule has 8 nitrogen and oxygen atoms in total. The largest absolute Gasteiger partial charge is 0.506 e. The number of carbonyl (C=O) groups is 2. The van der Waals surface area contributed by atoms with Crippen LogP contribution in [-0.4, -0.2) is 48.8 Å². The number of aliphatic carboxylic acids is 1. The molecule has 0 bridgehead atoms. The molecule has 1 fully saturated rings. The predicted octanol–water partition coefficient (Wildman–Crippen LogP) is 8.36. The van der Waals surface area contributed by atoms with E-state index < -0.39 is 50.1 Å². The summed E-state index contributed by atoms with van der Waals surface area (Å²) in [5.41, 5.74) is 1.25. The topological polar surface area (TPSA) is 119 Å². The molecule has 1 spiro atoms. The maximum atomic E-state index is 14.7. The van der Waals surface area contributed by atoms with Crippen LogP contribution in [-0.2, 0) is 19.0 Å². The van der Waals surface area contributed by atoms with Gasteiger partial charge in [0.1, 0.15) is 34.5 Å². The van der Waals surface area contributed by atoms with Crippen LogP contribution in [0.25, 0.3) is 6.08 Å². The fourth-order valence-electron chi connectivity index (χ4n) is 7.27. The van der Waals surface area contributed by atoms with Gasteiger partial charge in [-0.25, -0.2) is 4.79 Å². The van der Waals surface area contributed by atoms with Crippen molar-refractivity contribution < 1.29 is 37.1 Å². The van der Waals surface area contributed by atoms with E-state index in [1.165, 1.54) is 12.5 Å². The van der Waals surface area contributed by atoms with E-state index in [-0.39, 0.29) is 44.7 Å². The third kappa shape index (κ3) is 5.93. The molecule has 248 valence electrons. The van der Waals surface area contributed by atoms with Gasteiger partial charge in [-0.15, -0.1) is 0 Å². The molecule has 9 heteroatoms. The van der Waals surface area contributed by atoms with E-state index in [1.807, 2.05) is 52.8 Å². The number of ketones is 1. The molecule has 2 N–H and O–H groups in total. The molecule has 1 saturated heterocycles. The highest BCUT2D eigenvalue weighted by Gasteiger charge is 2.68. The number of carboxylic acid groups (broad SMARTS) is 1. The van der Waals surface area contributed by atoms with Crippen LogP contribution in [0.15, 0.2) is 52.7 Å². The van der Waals surface area contributed by atoms with Gasteiger partial charge in [-0.05, 0) is 99.6 Å². The first kappa shape index (κ1) is 34.3. The van der Waals surface area contributed by atoms with Crippen LogP contribution in [0, 0.1) is 5.92 Å². The van der Waals surface area contributed by atoms with Crippen molar-refractivity contribution in [1.29, 1.82) is 0 Å². The number of halogens is 1. The number of hydrogen-bond donors (Lipinski definition) is 2. The minimum atomic E-state index is -1.49. The number of benzene rings is 1. The van der Waals surface area contributed by atoms with Crippen LogP contribution in [0.5, 0.6) is 17.2 Å². The van der Waals surface area contributed by atoms with Crippen LogP contribution in [0.3, 0.4) is 0 Å². The zero-order chi connectivity index (χ0) is 33.8. The van der Waals surface area contributed by atoms with Crippen LogP contribution in [0.1, 0.15) is 103 Å². The SMILES string of the molecule is CC(C)=CCC[C@@]1(C)C=Cc2c(O)c3c(c(CC=C(C)C)c2O1)O[C@]12C(=CC(I=O)CC1C(C)(C)O[C@@H]2C/C=C(\C)C(=O)O)C3=O. The summed E-state index contributed by atoms with van der Waals surface area (Å²) in [6, 6.07) is 0. The molecule has 0 saturated carbocycles. The van der Waals surface area contributed by atoms with Gasteiger partial charge in [0.15, 0.2) is 32.6 Å². The highest BCUT2D eigenvalue weighted by atomic mass is 127. The van der Waals surface area contributed by atoms with Gasteiger partial charge in [-0.1, -0.05) is 35.5 Å². The number of Topliss-reactive ketones (excluding diaryl/α,β-unsaturated/α-hetero) is 1. The number of ether oxygens (including phenoxy) is 3. The second-order valence-corrected chi connectivity index (χ2v) is 16.3. The minimum absolute atomic E-state index is 0.0680. The normalized spacial score (nSPS) is 28.9. The van der Waals surface area contributed by atoms with Gasteiger partial charge >= 0.3 is 5.97 Å². The Morgan fingerprint density at radius 2 is 1.74 bits per heavy atom. The standard InChI is InChI=1S/C37H45IO8/c1-20(2)10-9-16-36(8)17-15-24-30(39)29-31(40)26-18-23(38-43)19-27-35(6,7)44-28(14-12-22(5)34(41)42)37(26,27)46-33(29)25(32(24)45-36)13-11-21(3)4/h10-12,15,17-18,23,27-28,39H,9,13-14,16,19H2,1-8H3,(H,41,42)/b22-12+/t23?,27?,28-,36+,37-/m1/s1. The highest BCUT2D eigenvalue weighted by Crippen LogP contribution is 2.61. The predicted molar refractivity (Wildman–Crippen MR) is 185 cm³/mol. The summed E-state index contributed by atoms with van der Waals surface area (Å²) in [7, 11) is 0. The number of hydrogen-bond acceptors (Lipinski definition) is 7. The average molecular weight is 745 g/mol. The smallest absolute Gasteiger partial charge is 0.330 e. The molecule has 1 aromatic carbocycles. The van der Waals surface area contributed by atoms with Crippen LogP contribution >= 0.6 is 21.2 Å². The number of carboxylic acids is 1. The van der Waals surface area contributed by atoms with E-state index in [1.54, 1.807) is 12.2 Å². The van der Waals surface area contributed by atoms with E-state index in [0.29, 0.717) is 41.7 Å². The van der Waals surface area contributed by atoms with E-state index in [9.17, 15) is 22.9 Å². The van der Waals surface area contributed by atoms with Crippen molar-refractivity contribution in [1.82, 2.24) is 0 Å². The number of phenolic OH excluding ortho intramolecular Hbond substituents is 1. The summed E-state index contributed by atoms with van der Waals surface area (Å²) in [6.07, 6.45) is 13.3. The lowest BCUT2D eigenvalue weighted by molar-refractivity contribution is -0.132. The Hall–Kier alpha value is -3.05. The fraction of sp³-hybridized carbons (Fsp3) is 0.514. The molecule has 0 radical (unpaired) electrons. The van der Waals surface area contributed by atoms with Gasteiger partial charge in [0, 0.05) is 22.6 Å². The van der Waals surface area contributed by atoms with Crippen molar-refractivity contribution in [2.45, 2.75) is 114 Å². The summed E-state index contributed by atoms with van der Waals surface area (Å²) < 4.78 is 32.7. The van der Waals surface area contributed by atoms with Crippen molar-refractivity contribution in [3.63, 3.8) is 0 Å². The zero-order valence-corrected chi connectivity index (χ0v) is 30.1. The second kappa shape index (κ2) is 12.5. The second-order valence-electron chi connectivity index (χ2n) is 14.2. The van der Waals surface area contributed by atoms with Crippen molar-refractivity contribution >= 4 is 39.0 Å². The molecule has 46 heavy (non-hydrogen) atoms. The Balaban J connectivity index is 1.75. The zero-order valence-electron chi connectivity index (χ0n) is 28.0. The van der Waals surface area contributed by atoms with Gasteiger partial charge in [-0.2, -0.15) is 0 Å². The number of alkyl halides is 1. The minimum Gasteiger partial charge on any atom is -0.506 e. The molecule has 4 aliphatic rings. The number of aromatic hydroxyl groups is 1.